The van der Waals surface area contributed by atoms with Crippen LogP contribution in [-0.2, 0) is 13.0 Å². The summed E-state index contributed by atoms with van der Waals surface area (Å²) in [6.07, 6.45) is 9.65. The van der Waals surface area contributed by atoms with Gasteiger partial charge in [-0.1, -0.05) is 19.3 Å². The molecule has 6 nitrogen and oxygen atoms in total. The third-order valence-electron chi connectivity index (χ3n) is 7.05. The van der Waals surface area contributed by atoms with E-state index in [-0.39, 0.29) is 11.5 Å². The summed E-state index contributed by atoms with van der Waals surface area (Å²) < 4.78 is 1.82. The molecule has 1 saturated carbocycles. The molecule has 0 aromatic carbocycles. The number of aromatic nitrogens is 2. The van der Waals surface area contributed by atoms with Gasteiger partial charge in [-0.3, -0.25) is 19.1 Å². The smallest absolute Gasteiger partial charge is 0.264 e. The first-order valence-electron chi connectivity index (χ1n) is 11.2. The predicted molar refractivity (Wildman–Crippen MR) is 116 cm³/mol. The molecule has 1 saturated heterocycles. The Morgan fingerprint density at radius 2 is 1.76 bits per heavy atom. The molecule has 156 valence electrons. The average molecular weight is 415 g/mol. The Kier molecular flexibility index (Phi) is 5.20. The Balaban J connectivity index is 1.37. The van der Waals surface area contributed by atoms with Crippen LogP contribution in [0.2, 0.25) is 0 Å². The molecule has 1 aliphatic carbocycles. The number of piperazine rings is 1. The van der Waals surface area contributed by atoms with Gasteiger partial charge in [-0.05, 0) is 38.2 Å². The van der Waals surface area contributed by atoms with Crippen LogP contribution in [0.1, 0.15) is 66.0 Å². The van der Waals surface area contributed by atoms with Crippen LogP contribution in [0.15, 0.2) is 4.79 Å². The summed E-state index contributed by atoms with van der Waals surface area (Å²) in [4.78, 5) is 37.1. The van der Waals surface area contributed by atoms with Crippen molar-refractivity contribution in [3.63, 3.8) is 0 Å². The van der Waals surface area contributed by atoms with Gasteiger partial charge in [0, 0.05) is 45.2 Å². The van der Waals surface area contributed by atoms with E-state index >= 15 is 0 Å². The minimum atomic E-state index is 0.0413. The molecule has 3 aliphatic rings. The van der Waals surface area contributed by atoms with Crippen LogP contribution in [0.5, 0.6) is 0 Å². The molecule has 4 heterocycles. The third kappa shape index (κ3) is 3.42. The Morgan fingerprint density at radius 1 is 1.00 bits per heavy atom. The lowest BCUT2D eigenvalue weighted by atomic mass is 9.94. The highest BCUT2D eigenvalue weighted by Crippen LogP contribution is 2.30. The second-order valence-electron chi connectivity index (χ2n) is 8.80. The zero-order valence-electron chi connectivity index (χ0n) is 17.3. The fourth-order valence-electron chi connectivity index (χ4n) is 5.32. The van der Waals surface area contributed by atoms with E-state index in [1.165, 1.54) is 43.4 Å². The molecule has 0 spiro atoms. The van der Waals surface area contributed by atoms with Crippen LogP contribution in [0, 0.1) is 6.92 Å². The second-order valence-corrected chi connectivity index (χ2v) is 9.80. The third-order valence-corrected chi connectivity index (χ3v) is 8.22. The van der Waals surface area contributed by atoms with Gasteiger partial charge in [-0.15, -0.1) is 11.3 Å². The lowest BCUT2D eigenvalue weighted by molar-refractivity contribution is 0.0527. The van der Waals surface area contributed by atoms with E-state index in [1.54, 1.807) is 0 Å². The number of hydrogen-bond donors (Lipinski definition) is 0. The minimum absolute atomic E-state index is 0.0413. The van der Waals surface area contributed by atoms with E-state index in [1.807, 2.05) is 16.4 Å². The normalized spacial score (nSPS) is 21.5. The molecule has 0 N–H and O–H groups in total. The van der Waals surface area contributed by atoms with E-state index in [4.69, 9.17) is 4.98 Å². The highest BCUT2D eigenvalue weighted by atomic mass is 32.1. The number of carbonyl (C=O) groups is 1. The van der Waals surface area contributed by atoms with Crippen LogP contribution in [0.25, 0.3) is 10.2 Å². The number of fused-ring (bicyclic) bond motifs is 2. The van der Waals surface area contributed by atoms with E-state index in [9.17, 15) is 9.59 Å². The van der Waals surface area contributed by atoms with Crippen molar-refractivity contribution < 1.29 is 4.79 Å². The van der Waals surface area contributed by atoms with Crippen LogP contribution >= 0.6 is 11.3 Å². The number of thiophene rings is 1. The molecule has 0 radical (unpaired) electrons. The molecule has 7 heteroatoms. The van der Waals surface area contributed by atoms with Gasteiger partial charge >= 0.3 is 0 Å². The first-order chi connectivity index (χ1) is 14.1. The van der Waals surface area contributed by atoms with E-state index in [2.05, 4.69) is 4.90 Å². The van der Waals surface area contributed by atoms with Crippen molar-refractivity contribution in [1.29, 1.82) is 0 Å². The lowest BCUT2D eigenvalue weighted by Gasteiger charge is -2.40. The zero-order valence-corrected chi connectivity index (χ0v) is 18.1. The van der Waals surface area contributed by atoms with Crippen LogP contribution in [0.4, 0.5) is 0 Å². The van der Waals surface area contributed by atoms with E-state index in [0.717, 1.165) is 68.2 Å². The van der Waals surface area contributed by atoms with Crippen molar-refractivity contribution in [2.75, 3.05) is 26.2 Å². The van der Waals surface area contributed by atoms with Crippen molar-refractivity contribution in [3.05, 3.63) is 26.6 Å². The molecule has 2 fully saturated rings. The maximum atomic E-state index is 13.3. The number of hydrogen-bond acceptors (Lipinski definition) is 5. The van der Waals surface area contributed by atoms with Gasteiger partial charge in [0.1, 0.15) is 10.7 Å². The number of rotatable bonds is 2. The molecule has 1 amide bonds. The number of carbonyl (C=O) groups excluding carboxylic acids is 1. The average Bonchev–Trinajstić information content (AvgIpc) is 3.10. The lowest BCUT2D eigenvalue weighted by Crippen LogP contribution is -2.52. The summed E-state index contributed by atoms with van der Waals surface area (Å²) in [5.74, 6) is 0.964. The summed E-state index contributed by atoms with van der Waals surface area (Å²) in [5.41, 5.74) is 0.864. The van der Waals surface area contributed by atoms with Gasteiger partial charge in [0.15, 0.2) is 0 Å². The maximum absolute atomic E-state index is 13.3. The van der Waals surface area contributed by atoms with Gasteiger partial charge in [0.25, 0.3) is 11.5 Å². The highest BCUT2D eigenvalue weighted by molar-refractivity contribution is 7.20. The first-order valence-corrected chi connectivity index (χ1v) is 12.0. The summed E-state index contributed by atoms with van der Waals surface area (Å²) >= 11 is 1.41. The topological polar surface area (TPSA) is 58.4 Å². The number of nitrogens with zero attached hydrogens (tertiary/aromatic N) is 4. The predicted octanol–water partition coefficient (Wildman–Crippen LogP) is 3.19. The maximum Gasteiger partial charge on any atom is 0.264 e. The highest BCUT2D eigenvalue weighted by Gasteiger charge is 2.30. The molecule has 2 aromatic heterocycles. The van der Waals surface area contributed by atoms with Gasteiger partial charge in [-0.25, -0.2) is 4.98 Å². The fraction of sp³-hybridized carbons (Fsp3) is 0.682. The summed E-state index contributed by atoms with van der Waals surface area (Å²) in [7, 11) is 0. The van der Waals surface area contributed by atoms with Gasteiger partial charge in [0.05, 0.1) is 10.3 Å². The Bertz CT molecular complexity index is 981. The monoisotopic (exact) mass is 414 g/mol. The number of aryl methyl sites for hydroxylation is 2. The molecular formula is C22H30N4O2S. The molecule has 5 rings (SSSR count). The molecule has 2 aliphatic heterocycles. The minimum Gasteiger partial charge on any atom is -0.335 e. The van der Waals surface area contributed by atoms with Crippen molar-refractivity contribution in [3.8, 4) is 0 Å². The SMILES string of the molecule is Cc1c(C(=O)N2CCN(C3CCCCC3)CC2)sc2nc3n(c(=O)c12)CCCC3. The van der Waals surface area contributed by atoms with Crippen LogP contribution in [0.3, 0.4) is 0 Å². The standard InChI is InChI=1S/C22H30N4O2S/c1-15-18-20(23-17-9-5-6-10-26(17)21(18)27)29-19(15)22(28)25-13-11-24(12-14-25)16-7-3-2-4-8-16/h16H,2-14H2,1H3. The van der Waals surface area contributed by atoms with E-state index < -0.39 is 0 Å². The van der Waals surface area contributed by atoms with Crippen LogP contribution in [-0.4, -0.2) is 57.5 Å². The van der Waals surface area contributed by atoms with Crippen molar-refractivity contribution in [2.24, 2.45) is 0 Å². The van der Waals surface area contributed by atoms with Gasteiger partial charge < -0.3 is 4.90 Å². The Labute approximate surface area is 175 Å². The van der Waals surface area contributed by atoms with Crippen molar-refractivity contribution in [2.45, 2.75) is 70.9 Å². The molecular weight excluding hydrogens is 384 g/mol. The van der Waals surface area contributed by atoms with E-state index in [0.29, 0.717) is 16.3 Å². The Morgan fingerprint density at radius 3 is 2.52 bits per heavy atom. The second kappa shape index (κ2) is 7.84. The van der Waals surface area contributed by atoms with Crippen molar-refractivity contribution in [1.82, 2.24) is 19.4 Å². The fourth-order valence-corrected chi connectivity index (χ4v) is 6.48. The molecule has 2 aromatic rings. The Hall–Kier alpha value is -1.73. The summed E-state index contributed by atoms with van der Waals surface area (Å²) in [6, 6.07) is 0.711. The molecule has 29 heavy (non-hydrogen) atoms. The molecule has 0 bridgehead atoms. The van der Waals surface area contributed by atoms with Gasteiger partial charge in [-0.2, -0.15) is 0 Å². The largest absolute Gasteiger partial charge is 0.335 e. The molecule has 0 atom stereocenters. The van der Waals surface area contributed by atoms with Crippen LogP contribution < -0.4 is 5.56 Å². The quantitative estimate of drug-likeness (QED) is 0.757. The van der Waals surface area contributed by atoms with Crippen molar-refractivity contribution >= 4 is 27.5 Å². The first kappa shape index (κ1) is 19.2. The number of amides is 1. The van der Waals surface area contributed by atoms with Gasteiger partial charge in [0.2, 0.25) is 0 Å². The molecule has 0 unspecified atom stereocenters. The summed E-state index contributed by atoms with van der Waals surface area (Å²) in [5, 5.41) is 0.657. The summed E-state index contributed by atoms with van der Waals surface area (Å²) in [6.45, 7) is 6.17. The zero-order chi connectivity index (χ0) is 20.0.